The molecular formula is C16H29N3O5. The summed E-state index contributed by atoms with van der Waals surface area (Å²) in [5, 5.41) is 11.0. The minimum absolute atomic E-state index is 0.130. The van der Waals surface area contributed by atoms with Gasteiger partial charge < -0.3 is 20.1 Å². The fourth-order valence-corrected chi connectivity index (χ4v) is 1.44. The number of allylic oxidation sites excluding steroid dienone is 2. The summed E-state index contributed by atoms with van der Waals surface area (Å²) in [6.45, 7) is 11.0. The molecule has 0 aromatic carbocycles. The third-order valence-corrected chi connectivity index (χ3v) is 2.68. The summed E-state index contributed by atoms with van der Waals surface area (Å²) < 4.78 is 9.32. The molecular weight excluding hydrogens is 314 g/mol. The molecule has 0 saturated heterocycles. The molecule has 0 aromatic rings. The van der Waals surface area contributed by atoms with Crippen LogP contribution in [0, 0.1) is 10.1 Å². The van der Waals surface area contributed by atoms with Gasteiger partial charge in [0.15, 0.2) is 12.4 Å². The van der Waals surface area contributed by atoms with E-state index in [2.05, 4.69) is 11.3 Å². The quantitative estimate of drug-likeness (QED) is 0.200. The molecule has 0 radical (unpaired) electrons. The molecule has 0 amide bonds. The van der Waals surface area contributed by atoms with Crippen LogP contribution in [0.25, 0.3) is 0 Å². The Hall–Kier alpha value is -2.35. The molecule has 8 heteroatoms. The Kier molecular flexibility index (Phi) is 15.5. The van der Waals surface area contributed by atoms with Gasteiger partial charge in [0.05, 0.1) is 7.11 Å². The normalized spacial score (nSPS) is 11.5. The van der Waals surface area contributed by atoms with Gasteiger partial charge in [0.2, 0.25) is 0 Å². The predicted molar refractivity (Wildman–Crippen MR) is 93.8 cm³/mol. The molecule has 2 N–H and O–H groups in total. The van der Waals surface area contributed by atoms with Gasteiger partial charge in [0.25, 0.3) is 6.04 Å². The van der Waals surface area contributed by atoms with Gasteiger partial charge >= 0.3 is 5.97 Å². The topological polar surface area (TPSA) is 108 Å². The van der Waals surface area contributed by atoms with E-state index in [1.165, 1.54) is 19.3 Å². The van der Waals surface area contributed by atoms with Crippen molar-refractivity contribution >= 4 is 5.97 Å². The molecule has 0 saturated carbocycles. The van der Waals surface area contributed by atoms with Crippen molar-refractivity contribution in [3.8, 4) is 0 Å². The molecule has 0 heterocycles. The van der Waals surface area contributed by atoms with Crippen molar-refractivity contribution in [2.45, 2.75) is 26.8 Å². The summed E-state index contributed by atoms with van der Waals surface area (Å²) in [4.78, 5) is 23.3. The van der Waals surface area contributed by atoms with Crippen LogP contribution in [0.15, 0.2) is 36.8 Å². The van der Waals surface area contributed by atoms with Crippen molar-refractivity contribution in [1.29, 1.82) is 0 Å². The summed E-state index contributed by atoms with van der Waals surface area (Å²) in [5.74, 6) is -0.762. The highest BCUT2D eigenvalue weighted by atomic mass is 16.6. The number of hydrogen-bond acceptors (Lipinski definition) is 7. The summed E-state index contributed by atoms with van der Waals surface area (Å²) in [6.07, 6.45) is 6.31. The molecule has 0 aliphatic heterocycles. The maximum absolute atomic E-state index is 11.0. The van der Waals surface area contributed by atoms with Crippen molar-refractivity contribution in [3.63, 3.8) is 0 Å². The van der Waals surface area contributed by atoms with Crippen molar-refractivity contribution in [3.05, 3.63) is 46.9 Å². The first-order valence-electron chi connectivity index (χ1n) is 7.77. The van der Waals surface area contributed by atoms with E-state index in [9.17, 15) is 14.9 Å². The number of nitro groups is 1. The third-order valence-electron chi connectivity index (χ3n) is 2.68. The largest absolute Gasteiger partial charge is 0.479 e. The minimum atomic E-state index is -1.24. The van der Waals surface area contributed by atoms with E-state index in [1.54, 1.807) is 12.3 Å². The molecule has 0 aliphatic rings. The average Bonchev–Trinajstić information content (AvgIpc) is 2.59. The molecule has 1 atom stereocenters. The van der Waals surface area contributed by atoms with Crippen LogP contribution in [0.2, 0.25) is 0 Å². The lowest BCUT2D eigenvalue weighted by Crippen LogP contribution is -2.24. The average molecular weight is 343 g/mol. The number of carbonyl (C=O) groups is 1. The summed E-state index contributed by atoms with van der Waals surface area (Å²) in [5.41, 5.74) is 5.46. The van der Waals surface area contributed by atoms with Crippen LogP contribution in [0.4, 0.5) is 0 Å². The van der Waals surface area contributed by atoms with E-state index >= 15 is 0 Å². The molecule has 0 aromatic heterocycles. The lowest BCUT2D eigenvalue weighted by Gasteiger charge is -2.15. The number of rotatable bonds is 11. The second-order valence-electron chi connectivity index (χ2n) is 4.20. The van der Waals surface area contributed by atoms with Gasteiger partial charge in [0, 0.05) is 24.6 Å². The van der Waals surface area contributed by atoms with Crippen LogP contribution in [-0.2, 0) is 14.3 Å². The number of methoxy groups -OCH3 is 1. The minimum Gasteiger partial charge on any atom is -0.479 e. The van der Waals surface area contributed by atoms with Gasteiger partial charge in [-0.05, 0) is 25.3 Å². The lowest BCUT2D eigenvalue weighted by atomic mass is 10.2. The standard InChI is InChI=1S/C14H23N3O5.C2H6/c1-4-16(10-8-15)9-6-5-7-13(17(19)20)12(2)22-11-14(18)21-3;1-2/h5-7,9,13H,2,4,8,10-11,15H2,1,3H3;1-2H3/b7-5?,9-6+;. The van der Waals surface area contributed by atoms with Crippen molar-refractivity contribution in [2.24, 2.45) is 5.73 Å². The Bertz CT molecular complexity index is 435. The lowest BCUT2D eigenvalue weighted by molar-refractivity contribution is -0.503. The maximum atomic E-state index is 11.0. The highest BCUT2D eigenvalue weighted by Crippen LogP contribution is 2.08. The van der Waals surface area contributed by atoms with Crippen LogP contribution in [-0.4, -0.2) is 55.2 Å². The van der Waals surface area contributed by atoms with Gasteiger partial charge in [-0.2, -0.15) is 0 Å². The number of nitrogens with zero attached hydrogens (tertiary/aromatic N) is 2. The monoisotopic (exact) mass is 343 g/mol. The van der Waals surface area contributed by atoms with E-state index in [-0.39, 0.29) is 5.76 Å². The Morgan fingerprint density at radius 2 is 2.04 bits per heavy atom. The highest BCUT2D eigenvalue weighted by Gasteiger charge is 2.22. The molecule has 1 unspecified atom stereocenters. The van der Waals surface area contributed by atoms with Crippen LogP contribution in [0.5, 0.6) is 0 Å². The summed E-state index contributed by atoms with van der Waals surface area (Å²) >= 11 is 0. The van der Waals surface area contributed by atoms with E-state index in [1.807, 2.05) is 25.7 Å². The van der Waals surface area contributed by atoms with Gasteiger partial charge in [-0.25, -0.2) is 4.79 Å². The smallest absolute Gasteiger partial charge is 0.343 e. The zero-order valence-corrected chi connectivity index (χ0v) is 14.9. The second-order valence-corrected chi connectivity index (χ2v) is 4.20. The predicted octanol–water partition coefficient (Wildman–Crippen LogP) is 1.71. The molecule has 24 heavy (non-hydrogen) atoms. The second kappa shape index (κ2) is 15.5. The number of likely N-dealkylation sites (N-methyl/N-ethyl adjacent to an activating group) is 1. The Labute approximate surface area is 143 Å². The number of nitrogens with two attached hydrogens (primary N) is 1. The zero-order valence-electron chi connectivity index (χ0n) is 14.9. The first-order valence-corrected chi connectivity index (χ1v) is 7.77. The molecule has 0 bridgehead atoms. The van der Waals surface area contributed by atoms with E-state index in [4.69, 9.17) is 10.5 Å². The highest BCUT2D eigenvalue weighted by molar-refractivity contribution is 5.70. The molecule has 0 fully saturated rings. The fourth-order valence-electron chi connectivity index (χ4n) is 1.44. The fraction of sp³-hybridized carbons (Fsp3) is 0.562. The van der Waals surface area contributed by atoms with E-state index in [0.717, 1.165) is 6.54 Å². The van der Waals surface area contributed by atoms with Gasteiger partial charge in [-0.1, -0.05) is 26.5 Å². The van der Waals surface area contributed by atoms with Crippen LogP contribution in [0.3, 0.4) is 0 Å². The van der Waals surface area contributed by atoms with E-state index < -0.39 is 23.5 Å². The maximum Gasteiger partial charge on any atom is 0.343 e. The first kappa shape index (κ1) is 23.9. The Balaban J connectivity index is 0. The molecule has 0 rings (SSSR count). The number of ether oxygens (including phenoxy) is 2. The third kappa shape index (κ3) is 11.2. The molecule has 0 spiro atoms. The number of hydrogen-bond donors (Lipinski definition) is 1. The van der Waals surface area contributed by atoms with Gasteiger partial charge in [0.1, 0.15) is 0 Å². The van der Waals surface area contributed by atoms with Crippen molar-refractivity contribution in [2.75, 3.05) is 33.4 Å². The Morgan fingerprint density at radius 1 is 1.42 bits per heavy atom. The zero-order chi connectivity index (χ0) is 19.0. The molecule has 8 nitrogen and oxygen atoms in total. The van der Waals surface area contributed by atoms with Crippen molar-refractivity contribution in [1.82, 2.24) is 4.90 Å². The number of esters is 1. The summed E-state index contributed by atoms with van der Waals surface area (Å²) in [6, 6.07) is -1.24. The van der Waals surface area contributed by atoms with Crippen LogP contribution in [0.1, 0.15) is 20.8 Å². The summed E-state index contributed by atoms with van der Waals surface area (Å²) in [7, 11) is 1.20. The first-order chi connectivity index (χ1) is 11.5. The van der Waals surface area contributed by atoms with Crippen molar-refractivity contribution < 1.29 is 19.2 Å². The van der Waals surface area contributed by atoms with Crippen LogP contribution >= 0.6 is 0 Å². The SMILES string of the molecule is C=C(OCC(=O)OC)C(C=C/C=C/N(CC)CCN)[N+](=O)[O-].CC. The Morgan fingerprint density at radius 3 is 2.50 bits per heavy atom. The van der Waals surface area contributed by atoms with E-state index in [0.29, 0.717) is 13.1 Å². The van der Waals surface area contributed by atoms with Gasteiger partial charge in [-0.3, -0.25) is 10.1 Å². The van der Waals surface area contributed by atoms with Gasteiger partial charge in [-0.15, -0.1) is 0 Å². The van der Waals surface area contributed by atoms with Crippen LogP contribution < -0.4 is 5.73 Å². The molecule has 0 aliphatic carbocycles. The molecule has 138 valence electrons. The number of carbonyl (C=O) groups excluding carboxylic acids is 1.